The van der Waals surface area contributed by atoms with Crippen molar-refractivity contribution in [2.24, 2.45) is 0 Å². The van der Waals surface area contributed by atoms with E-state index in [0.717, 1.165) is 44.9 Å². The lowest BCUT2D eigenvalue weighted by molar-refractivity contribution is 0.660. The highest BCUT2D eigenvalue weighted by atomic mass is 15.1. The second kappa shape index (κ2) is 16.8. The third-order valence-corrected chi connectivity index (χ3v) is 15.0. The van der Waals surface area contributed by atoms with Crippen molar-refractivity contribution in [3.05, 3.63) is 252 Å². The SMILES string of the molecule is [B]c1c([B])c([B])c(-c2ccc(N(c3cccc(-c4cccc(C5(c6ccccc6)c6ccccc6-c6ccccc65)c4)c3)c3cccc(-c4ccc5c(c4)C(C)(C)c4ccccc4-5)c3)cc2)c([B])c1[B]. The summed E-state index contributed by atoms with van der Waals surface area (Å²) in [5, 5.41) is 0. The Balaban J connectivity index is 0.999. The van der Waals surface area contributed by atoms with Crippen LogP contribution in [0.3, 0.4) is 0 Å². The van der Waals surface area contributed by atoms with Crippen molar-refractivity contribution in [3.63, 3.8) is 0 Å². The van der Waals surface area contributed by atoms with Crippen molar-refractivity contribution < 1.29 is 0 Å². The minimum atomic E-state index is -0.515. The molecular weight excluding hydrogens is 837 g/mol. The van der Waals surface area contributed by atoms with Gasteiger partial charge in [0.1, 0.15) is 39.2 Å². The predicted molar refractivity (Wildman–Crippen MR) is 299 cm³/mol. The van der Waals surface area contributed by atoms with Crippen LogP contribution in [0.2, 0.25) is 0 Å². The summed E-state index contributed by atoms with van der Waals surface area (Å²) in [4.78, 5) is 2.31. The molecule has 0 aromatic heterocycles. The fraction of sp³-hybridized carbons (Fsp3) is 0.0625. The molecule has 0 saturated carbocycles. The van der Waals surface area contributed by atoms with E-state index in [1.807, 2.05) is 12.1 Å². The second-order valence-corrected chi connectivity index (χ2v) is 19.1. The molecule has 0 fully saturated rings. The van der Waals surface area contributed by atoms with Gasteiger partial charge >= 0.3 is 0 Å². The molecule has 10 aromatic carbocycles. The van der Waals surface area contributed by atoms with Gasteiger partial charge in [-0.2, -0.15) is 0 Å². The largest absolute Gasteiger partial charge is 0.310 e. The topological polar surface area (TPSA) is 3.24 Å². The molecule has 0 N–H and O–H groups in total. The molecule has 2 aliphatic rings. The first-order valence-electron chi connectivity index (χ1n) is 23.8. The lowest BCUT2D eigenvalue weighted by Crippen LogP contribution is -2.55. The molecule has 0 heterocycles. The van der Waals surface area contributed by atoms with Gasteiger partial charge in [0.25, 0.3) is 0 Å². The highest BCUT2D eigenvalue weighted by Gasteiger charge is 2.46. The van der Waals surface area contributed by atoms with Crippen LogP contribution in [0.15, 0.2) is 218 Å². The van der Waals surface area contributed by atoms with Gasteiger partial charge in [-0.05, 0) is 138 Å². The summed E-state index contributed by atoms with van der Waals surface area (Å²) in [6.45, 7) is 4.65. The van der Waals surface area contributed by atoms with Gasteiger partial charge in [0.15, 0.2) is 0 Å². The first-order chi connectivity index (χ1) is 34.0. The molecular formula is C64H42B5N. The van der Waals surface area contributed by atoms with Gasteiger partial charge in [-0.1, -0.05) is 195 Å². The van der Waals surface area contributed by atoms with Crippen molar-refractivity contribution in [1.29, 1.82) is 0 Å². The average Bonchev–Trinajstić information content (AvgIpc) is 3.84. The normalized spacial score (nSPS) is 13.5. The molecule has 2 aliphatic carbocycles. The highest BCUT2D eigenvalue weighted by molar-refractivity contribution is 6.68. The van der Waals surface area contributed by atoms with Crippen LogP contribution in [0.4, 0.5) is 17.1 Å². The van der Waals surface area contributed by atoms with E-state index in [4.69, 9.17) is 39.2 Å². The summed E-state index contributed by atoms with van der Waals surface area (Å²) in [7, 11) is 32.0. The molecule has 10 aromatic rings. The first kappa shape index (κ1) is 43.6. The molecule has 6 heteroatoms. The summed E-state index contributed by atoms with van der Waals surface area (Å²) < 4.78 is 0. The van der Waals surface area contributed by atoms with Crippen LogP contribution in [-0.2, 0) is 10.8 Å². The van der Waals surface area contributed by atoms with Crippen LogP contribution in [0.1, 0.15) is 47.2 Å². The second-order valence-electron chi connectivity index (χ2n) is 19.1. The van der Waals surface area contributed by atoms with Crippen LogP contribution in [0, 0.1) is 0 Å². The van der Waals surface area contributed by atoms with Crippen LogP contribution in [-0.4, -0.2) is 39.2 Å². The van der Waals surface area contributed by atoms with E-state index in [-0.39, 0.29) is 21.8 Å². The van der Waals surface area contributed by atoms with Crippen molar-refractivity contribution in [2.75, 3.05) is 4.90 Å². The van der Waals surface area contributed by atoms with Gasteiger partial charge in [0, 0.05) is 22.5 Å². The summed E-state index contributed by atoms with van der Waals surface area (Å²) >= 11 is 0. The maximum atomic E-state index is 6.57. The molecule has 10 radical (unpaired) electrons. The third-order valence-electron chi connectivity index (χ3n) is 15.0. The first-order valence-corrected chi connectivity index (χ1v) is 23.8. The minimum absolute atomic E-state index is 0.122. The minimum Gasteiger partial charge on any atom is -0.310 e. The number of nitrogens with zero attached hydrogens (tertiary/aromatic N) is 1. The van der Waals surface area contributed by atoms with Crippen LogP contribution in [0.25, 0.3) is 55.6 Å². The molecule has 12 rings (SSSR count). The van der Waals surface area contributed by atoms with E-state index in [1.54, 1.807) is 0 Å². The van der Waals surface area contributed by atoms with Gasteiger partial charge < -0.3 is 4.90 Å². The summed E-state index contributed by atoms with van der Waals surface area (Å²) in [6.07, 6.45) is 0. The van der Waals surface area contributed by atoms with E-state index >= 15 is 0 Å². The summed E-state index contributed by atoms with van der Waals surface area (Å²) in [5.41, 5.74) is 22.2. The lowest BCUT2D eigenvalue weighted by Gasteiger charge is -2.34. The zero-order chi connectivity index (χ0) is 47.9. The Morgan fingerprint density at radius 3 is 1.31 bits per heavy atom. The zero-order valence-corrected chi connectivity index (χ0v) is 39.1. The van der Waals surface area contributed by atoms with Gasteiger partial charge in [-0.15, -0.1) is 16.4 Å². The van der Waals surface area contributed by atoms with Gasteiger partial charge in [0.05, 0.1) is 5.41 Å². The van der Waals surface area contributed by atoms with E-state index in [0.29, 0.717) is 16.5 Å². The van der Waals surface area contributed by atoms with E-state index in [9.17, 15) is 0 Å². The highest BCUT2D eigenvalue weighted by Crippen LogP contribution is 2.56. The van der Waals surface area contributed by atoms with Crippen molar-refractivity contribution in [2.45, 2.75) is 24.7 Å². The number of fused-ring (bicyclic) bond motifs is 6. The fourth-order valence-corrected chi connectivity index (χ4v) is 11.6. The van der Waals surface area contributed by atoms with Crippen molar-refractivity contribution in [1.82, 2.24) is 0 Å². The van der Waals surface area contributed by atoms with Crippen molar-refractivity contribution >= 4 is 83.6 Å². The molecule has 70 heavy (non-hydrogen) atoms. The van der Waals surface area contributed by atoms with E-state index in [2.05, 4.69) is 225 Å². The molecule has 0 saturated heterocycles. The van der Waals surface area contributed by atoms with Crippen LogP contribution in [0.5, 0.6) is 0 Å². The maximum absolute atomic E-state index is 6.57. The Morgan fingerprint density at radius 1 is 0.300 bits per heavy atom. The van der Waals surface area contributed by atoms with Gasteiger partial charge in [-0.25, -0.2) is 0 Å². The zero-order valence-electron chi connectivity index (χ0n) is 39.1. The summed E-state index contributed by atoms with van der Waals surface area (Å²) in [5.74, 6) is 0. The molecule has 0 unspecified atom stereocenters. The predicted octanol–water partition coefficient (Wildman–Crippen LogP) is 10.8. The third kappa shape index (κ3) is 6.68. The Kier molecular flexibility index (Phi) is 10.4. The molecule has 0 atom stereocenters. The standard InChI is InChI=1S/C64H42B5N/c1-63(2)53-26-9-6-23-49(53)52-34-31-43(38-56(52)63)42-17-14-22-48(37-42)70(46-32-29-39(30-33-46)57-58(65)60(67)62(69)61(68)59(57)66)47-21-13-16-41(36-47)40-15-12-20-45(35-40)64(44-18-4-3-5-19-44)54-27-10-7-24-50(54)51-25-8-11-28-55(51)64/h3-38H,1-2H3. The number of benzene rings is 10. The van der Waals surface area contributed by atoms with Crippen LogP contribution >= 0.6 is 0 Å². The van der Waals surface area contributed by atoms with Crippen LogP contribution < -0.4 is 32.2 Å². The number of hydrogen-bond acceptors (Lipinski definition) is 1. The molecule has 318 valence electrons. The van der Waals surface area contributed by atoms with E-state index in [1.165, 1.54) is 55.6 Å². The molecule has 1 nitrogen and oxygen atoms in total. The van der Waals surface area contributed by atoms with E-state index < -0.39 is 5.41 Å². The molecule has 0 bridgehead atoms. The number of rotatable bonds is 8. The summed E-state index contributed by atoms with van der Waals surface area (Å²) in [6, 6.07) is 79.3. The van der Waals surface area contributed by atoms with Gasteiger partial charge in [-0.3, -0.25) is 0 Å². The van der Waals surface area contributed by atoms with Crippen molar-refractivity contribution in [3.8, 4) is 55.6 Å². The quantitative estimate of drug-likeness (QED) is 0.138. The number of anilines is 3. The Labute approximate surface area is 418 Å². The number of hydrogen-bond donors (Lipinski definition) is 0. The molecule has 0 amide bonds. The Morgan fingerprint density at radius 2 is 0.729 bits per heavy atom. The molecule has 0 spiro atoms. The van der Waals surface area contributed by atoms with Gasteiger partial charge in [0.2, 0.25) is 0 Å². The Hall–Kier alpha value is -7.68. The fourth-order valence-electron chi connectivity index (χ4n) is 11.6. The Bertz CT molecular complexity index is 3630. The monoisotopic (exact) mass is 879 g/mol. The average molecular weight is 879 g/mol. The molecule has 0 aliphatic heterocycles. The smallest absolute Gasteiger partial charge is 0.113 e. The maximum Gasteiger partial charge on any atom is 0.113 e. The lowest BCUT2D eigenvalue weighted by atomic mass is 9.60.